The largest absolute Gasteiger partial charge is 0.496 e. The summed E-state index contributed by atoms with van der Waals surface area (Å²) in [4.78, 5) is 13.9. The maximum Gasteiger partial charge on any atom is 0.159 e. The van der Waals surface area contributed by atoms with E-state index in [9.17, 15) is 4.79 Å². The molecule has 0 aromatic heterocycles. The maximum absolute atomic E-state index is 11.5. The predicted molar refractivity (Wildman–Crippen MR) is 75.7 cm³/mol. The van der Waals surface area contributed by atoms with E-state index in [1.807, 2.05) is 18.2 Å². The van der Waals surface area contributed by atoms with Gasteiger partial charge in [-0.2, -0.15) is 0 Å². The van der Waals surface area contributed by atoms with E-state index in [1.54, 1.807) is 14.0 Å². The molecule has 1 fully saturated rings. The van der Waals surface area contributed by atoms with Gasteiger partial charge in [-0.1, -0.05) is 0 Å². The Morgan fingerprint density at radius 3 is 2.95 bits per heavy atom. The molecule has 104 valence electrons. The number of ketones is 1. The smallest absolute Gasteiger partial charge is 0.159 e. The Bertz CT molecular complexity index is 459. The van der Waals surface area contributed by atoms with Gasteiger partial charge in [0.15, 0.2) is 5.78 Å². The molecule has 0 bridgehead atoms. The molecule has 0 spiro atoms. The molecule has 0 aliphatic carbocycles. The second kappa shape index (κ2) is 6.17. The summed E-state index contributed by atoms with van der Waals surface area (Å²) in [6.45, 7) is 7.68. The normalized spacial score (nSPS) is 20.3. The molecule has 1 aliphatic rings. The van der Waals surface area contributed by atoms with Crippen molar-refractivity contribution in [3.8, 4) is 5.75 Å². The zero-order chi connectivity index (χ0) is 13.8. The van der Waals surface area contributed by atoms with E-state index in [4.69, 9.17) is 4.74 Å². The van der Waals surface area contributed by atoms with E-state index in [2.05, 4.69) is 17.1 Å². The highest BCUT2D eigenvalue weighted by Gasteiger charge is 2.19. The number of methoxy groups -OCH3 is 1. The molecule has 4 heteroatoms. The number of benzene rings is 1. The number of carbonyl (C=O) groups is 1. The van der Waals surface area contributed by atoms with E-state index >= 15 is 0 Å². The van der Waals surface area contributed by atoms with Gasteiger partial charge in [0.25, 0.3) is 0 Å². The second-order valence-corrected chi connectivity index (χ2v) is 5.11. The van der Waals surface area contributed by atoms with Gasteiger partial charge >= 0.3 is 0 Å². The van der Waals surface area contributed by atoms with Gasteiger partial charge in [-0.3, -0.25) is 9.69 Å². The summed E-state index contributed by atoms with van der Waals surface area (Å²) in [5, 5.41) is 3.38. The van der Waals surface area contributed by atoms with E-state index in [0.29, 0.717) is 6.04 Å². The van der Waals surface area contributed by atoms with Crippen LogP contribution < -0.4 is 10.1 Å². The lowest BCUT2D eigenvalue weighted by Crippen LogP contribution is -2.49. The fourth-order valence-electron chi connectivity index (χ4n) is 2.46. The Labute approximate surface area is 114 Å². The molecule has 2 rings (SSSR count). The molecular weight excluding hydrogens is 240 g/mol. The van der Waals surface area contributed by atoms with E-state index in [-0.39, 0.29) is 5.78 Å². The van der Waals surface area contributed by atoms with Gasteiger partial charge in [0.05, 0.1) is 7.11 Å². The number of nitrogens with one attached hydrogen (secondary N) is 1. The van der Waals surface area contributed by atoms with Gasteiger partial charge < -0.3 is 10.1 Å². The van der Waals surface area contributed by atoms with Crippen LogP contribution in [0.15, 0.2) is 18.2 Å². The summed E-state index contributed by atoms with van der Waals surface area (Å²) in [5.74, 6) is 0.952. The number of hydrogen-bond acceptors (Lipinski definition) is 4. The monoisotopic (exact) mass is 262 g/mol. The number of hydrogen-bond donors (Lipinski definition) is 1. The van der Waals surface area contributed by atoms with Gasteiger partial charge in [0.2, 0.25) is 0 Å². The third-order valence-corrected chi connectivity index (χ3v) is 3.70. The van der Waals surface area contributed by atoms with E-state index in [1.165, 1.54) is 0 Å². The van der Waals surface area contributed by atoms with Crippen molar-refractivity contribution in [3.63, 3.8) is 0 Å². The van der Waals surface area contributed by atoms with Crippen LogP contribution in [0.3, 0.4) is 0 Å². The zero-order valence-electron chi connectivity index (χ0n) is 11.9. The summed E-state index contributed by atoms with van der Waals surface area (Å²) in [6, 6.07) is 6.17. The first kappa shape index (κ1) is 14.0. The minimum absolute atomic E-state index is 0.0947. The second-order valence-electron chi connectivity index (χ2n) is 5.11. The Kier molecular flexibility index (Phi) is 4.56. The lowest BCUT2D eigenvalue weighted by Gasteiger charge is -2.34. The summed E-state index contributed by atoms with van der Waals surface area (Å²) < 4.78 is 5.40. The Balaban J connectivity index is 2.21. The van der Waals surface area contributed by atoms with Gasteiger partial charge in [0, 0.05) is 43.3 Å². The number of Topliss-reactive ketones (excluding diaryl/α,β-unsaturated/α-hetero) is 1. The van der Waals surface area contributed by atoms with Crippen molar-refractivity contribution in [1.29, 1.82) is 0 Å². The summed E-state index contributed by atoms with van der Waals surface area (Å²) in [5.41, 5.74) is 1.84. The Morgan fingerprint density at radius 2 is 2.32 bits per heavy atom. The number of carbonyl (C=O) groups excluding carboxylic acids is 1. The molecule has 0 saturated carbocycles. The number of ether oxygens (including phenoxy) is 1. The van der Waals surface area contributed by atoms with Crippen molar-refractivity contribution in [2.75, 3.05) is 26.7 Å². The Morgan fingerprint density at radius 1 is 1.53 bits per heavy atom. The average Bonchev–Trinajstić information content (AvgIpc) is 2.41. The molecule has 1 heterocycles. The van der Waals surface area contributed by atoms with Crippen molar-refractivity contribution in [2.24, 2.45) is 0 Å². The van der Waals surface area contributed by atoms with Crippen LogP contribution in [-0.2, 0) is 6.54 Å². The first-order chi connectivity index (χ1) is 9.11. The number of nitrogens with zero attached hydrogens (tertiary/aromatic N) is 1. The molecule has 1 atom stereocenters. The van der Waals surface area contributed by atoms with E-state index < -0.39 is 0 Å². The van der Waals surface area contributed by atoms with Crippen molar-refractivity contribution < 1.29 is 9.53 Å². The molecule has 1 unspecified atom stereocenters. The van der Waals surface area contributed by atoms with Crippen LogP contribution in [0, 0.1) is 0 Å². The lowest BCUT2D eigenvalue weighted by molar-refractivity contribution is 0.101. The molecule has 1 saturated heterocycles. The minimum atomic E-state index is 0.0947. The fraction of sp³-hybridized carbons (Fsp3) is 0.533. The number of rotatable bonds is 4. The highest BCUT2D eigenvalue weighted by Crippen LogP contribution is 2.23. The van der Waals surface area contributed by atoms with E-state index in [0.717, 1.165) is 43.1 Å². The predicted octanol–water partition coefficient (Wildman–Crippen LogP) is 1.69. The Hall–Kier alpha value is -1.39. The SMILES string of the molecule is COc1ccc(C(C)=O)cc1CN1CCNCC1C. The van der Waals surface area contributed by atoms with Crippen LogP contribution in [0.2, 0.25) is 0 Å². The third kappa shape index (κ3) is 3.33. The zero-order valence-corrected chi connectivity index (χ0v) is 11.9. The van der Waals surface area contributed by atoms with Crippen LogP contribution in [-0.4, -0.2) is 43.5 Å². The maximum atomic E-state index is 11.5. The number of piperazine rings is 1. The molecule has 0 amide bonds. The van der Waals surface area contributed by atoms with Gasteiger partial charge in [-0.25, -0.2) is 0 Å². The van der Waals surface area contributed by atoms with Crippen molar-refractivity contribution in [2.45, 2.75) is 26.4 Å². The standard InChI is InChI=1S/C15H22N2O2/c1-11-9-16-6-7-17(11)10-14-8-13(12(2)18)4-5-15(14)19-3/h4-5,8,11,16H,6-7,9-10H2,1-3H3. The van der Waals surface area contributed by atoms with Crippen LogP contribution in [0.5, 0.6) is 5.75 Å². The average molecular weight is 262 g/mol. The quantitative estimate of drug-likeness (QED) is 0.839. The third-order valence-electron chi connectivity index (χ3n) is 3.70. The van der Waals surface area contributed by atoms with Crippen molar-refractivity contribution in [3.05, 3.63) is 29.3 Å². The van der Waals surface area contributed by atoms with Crippen LogP contribution in [0.4, 0.5) is 0 Å². The molecule has 1 aliphatic heterocycles. The van der Waals surface area contributed by atoms with Crippen LogP contribution >= 0.6 is 0 Å². The van der Waals surface area contributed by atoms with Crippen molar-refractivity contribution >= 4 is 5.78 Å². The summed E-state index contributed by atoms with van der Waals surface area (Å²) in [6.07, 6.45) is 0. The summed E-state index contributed by atoms with van der Waals surface area (Å²) >= 11 is 0. The molecule has 1 aromatic rings. The van der Waals surface area contributed by atoms with Crippen LogP contribution in [0.1, 0.15) is 29.8 Å². The van der Waals surface area contributed by atoms with Gasteiger partial charge in [0.1, 0.15) is 5.75 Å². The van der Waals surface area contributed by atoms with Gasteiger partial charge in [-0.15, -0.1) is 0 Å². The molecule has 0 radical (unpaired) electrons. The first-order valence-electron chi connectivity index (χ1n) is 6.74. The van der Waals surface area contributed by atoms with Crippen LogP contribution in [0.25, 0.3) is 0 Å². The van der Waals surface area contributed by atoms with Crippen molar-refractivity contribution in [1.82, 2.24) is 10.2 Å². The highest BCUT2D eigenvalue weighted by molar-refractivity contribution is 5.94. The highest BCUT2D eigenvalue weighted by atomic mass is 16.5. The summed E-state index contributed by atoms with van der Waals surface area (Å²) in [7, 11) is 1.67. The molecule has 1 N–H and O–H groups in total. The molecule has 4 nitrogen and oxygen atoms in total. The fourth-order valence-corrected chi connectivity index (χ4v) is 2.46. The minimum Gasteiger partial charge on any atom is -0.496 e. The molecular formula is C15H22N2O2. The van der Waals surface area contributed by atoms with Gasteiger partial charge in [-0.05, 0) is 32.0 Å². The lowest BCUT2D eigenvalue weighted by atomic mass is 10.1. The first-order valence-corrected chi connectivity index (χ1v) is 6.74. The molecule has 19 heavy (non-hydrogen) atoms. The topological polar surface area (TPSA) is 41.6 Å². The molecule has 1 aromatic carbocycles.